The Kier molecular flexibility index (Phi) is 12.0. The van der Waals surface area contributed by atoms with E-state index in [0.29, 0.717) is 55.4 Å². The van der Waals surface area contributed by atoms with E-state index in [1.165, 1.54) is 5.57 Å². The summed E-state index contributed by atoms with van der Waals surface area (Å²) in [6, 6.07) is 12.9. The van der Waals surface area contributed by atoms with Crippen molar-refractivity contribution in [1.29, 1.82) is 0 Å². The molecule has 2 aromatic rings. The Bertz CT molecular complexity index is 1360. The van der Waals surface area contributed by atoms with Gasteiger partial charge in [-0.05, 0) is 81.8 Å². The van der Waals surface area contributed by atoms with Crippen LogP contribution in [0.1, 0.15) is 66.8 Å². The van der Waals surface area contributed by atoms with Crippen molar-refractivity contribution in [2.45, 2.75) is 47.0 Å². The van der Waals surface area contributed by atoms with E-state index in [9.17, 15) is 14.4 Å². The van der Waals surface area contributed by atoms with Crippen LogP contribution in [0, 0.1) is 5.92 Å². The molecular weight excluding hydrogens is 558 g/mol. The quantitative estimate of drug-likeness (QED) is 0.195. The van der Waals surface area contributed by atoms with Crippen molar-refractivity contribution >= 4 is 17.8 Å². The number of nitrogens with one attached hydrogen (secondary N) is 1. The first-order valence-corrected chi connectivity index (χ1v) is 15.4. The number of amides is 2. The summed E-state index contributed by atoms with van der Waals surface area (Å²) in [7, 11) is 0. The van der Waals surface area contributed by atoms with Crippen LogP contribution in [-0.4, -0.2) is 80.3 Å². The number of carbonyl (C=O) groups excluding carboxylic acids is 3. The zero-order valence-electron chi connectivity index (χ0n) is 26.4. The lowest BCUT2D eigenvalue weighted by Crippen LogP contribution is -2.50. The van der Waals surface area contributed by atoms with Gasteiger partial charge in [0.25, 0.3) is 11.8 Å². The first-order valence-electron chi connectivity index (χ1n) is 15.4. The lowest BCUT2D eigenvalue weighted by Gasteiger charge is -2.34. The summed E-state index contributed by atoms with van der Waals surface area (Å²) >= 11 is 0. The highest BCUT2D eigenvalue weighted by Gasteiger charge is 2.22. The van der Waals surface area contributed by atoms with E-state index >= 15 is 0 Å². The molecule has 1 unspecified atom stereocenters. The molecule has 1 saturated heterocycles. The molecule has 2 aromatic carbocycles. The number of benzene rings is 2. The number of esters is 1. The molecule has 236 valence electrons. The fourth-order valence-electron chi connectivity index (χ4n) is 5.20. The van der Waals surface area contributed by atoms with Gasteiger partial charge in [0.05, 0.1) is 6.61 Å². The Morgan fingerprint density at radius 3 is 2.39 bits per heavy atom. The number of ether oxygens (including phenoxy) is 3. The third kappa shape index (κ3) is 9.98. The Morgan fingerprint density at radius 1 is 0.955 bits per heavy atom. The smallest absolute Gasteiger partial charge is 0.330 e. The summed E-state index contributed by atoms with van der Waals surface area (Å²) in [4.78, 5) is 41.9. The second kappa shape index (κ2) is 16.1. The SMILES string of the molecule is CC(C)=CCC/C(C)=C/C(=O)OCC(C)Cc1ccc(C(=O)N2CCN(CCNC(=O)c3ccc4c(c3)OCO4)CC2)cc1. The zero-order valence-corrected chi connectivity index (χ0v) is 26.4. The molecule has 2 aliphatic heterocycles. The molecule has 4 rings (SSSR count). The zero-order chi connectivity index (χ0) is 31.5. The number of fused-ring (bicyclic) bond motifs is 1. The Morgan fingerprint density at radius 2 is 1.66 bits per heavy atom. The number of allylic oxidation sites excluding steroid dienone is 3. The van der Waals surface area contributed by atoms with Crippen molar-refractivity contribution in [3.63, 3.8) is 0 Å². The third-order valence-corrected chi connectivity index (χ3v) is 7.76. The van der Waals surface area contributed by atoms with E-state index in [4.69, 9.17) is 14.2 Å². The molecular formula is C35H45N3O6. The highest BCUT2D eigenvalue weighted by Crippen LogP contribution is 2.32. The lowest BCUT2D eigenvalue weighted by molar-refractivity contribution is -0.139. The molecule has 0 spiro atoms. The molecule has 9 nitrogen and oxygen atoms in total. The van der Waals surface area contributed by atoms with E-state index in [-0.39, 0.29) is 30.5 Å². The van der Waals surface area contributed by atoms with Crippen molar-refractivity contribution in [2.24, 2.45) is 5.92 Å². The van der Waals surface area contributed by atoms with Gasteiger partial charge < -0.3 is 24.4 Å². The normalized spacial score (nSPS) is 15.5. The Labute approximate surface area is 260 Å². The van der Waals surface area contributed by atoms with Crippen LogP contribution in [0.5, 0.6) is 11.5 Å². The molecule has 0 aromatic heterocycles. The molecule has 1 N–H and O–H groups in total. The molecule has 2 amide bonds. The molecule has 44 heavy (non-hydrogen) atoms. The van der Waals surface area contributed by atoms with Gasteiger partial charge in [-0.3, -0.25) is 14.5 Å². The predicted octanol–water partition coefficient (Wildman–Crippen LogP) is 5.02. The van der Waals surface area contributed by atoms with Crippen molar-refractivity contribution in [3.05, 3.63) is 82.5 Å². The fraction of sp³-hybridized carbons (Fsp3) is 0.457. The summed E-state index contributed by atoms with van der Waals surface area (Å²) in [6.07, 6.45) is 6.29. The first-order chi connectivity index (χ1) is 21.2. The number of rotatable bonds is 13. The number of piperazine rings is 1. The summed E-state index contributed by atoms with van der Waals surface area (Å²) in [6.45, 7) is 12.7. The van der Waals surface area contributed by atoms with Gasteiger partial charge in [-0.2, -0.15) is 0 Å². The first kappa shape index (κ1) is 32.8. The Balaban J connectivity index is 1.13. The number of nitrogens with zero attached hydrogens (tertiary/aromatic N) is 2. The van der Waals surface area contributed by atoms with Crippen LogP contribution in [0.2, 0.25) is 0 Å². The molecule has 1 atom stereocenters. The molecule has 0 aliphatic carbocycles. The highest BCUT2D eigenvalue weighted by atomic mass is 16.7. The second-order valence-corrected chi connectivity index (χ2v) is 11.9. The average molecular weight is 604 g/mol. The summed E-state index contributed by atoms with van der Waals surface area (Å²) in [5, 5.41) is 2.96. The van der Waals surface area contributed by atoms with Gasteiger partial charge in [-0.25, -0.2) is 4.79 Å². The van der Waals surface area contributed by atoms with Crippen molar-refractivity contribution in [3.8, 4) is 11.5 Å². The van der Waals surface area contributed by atoms with E-state index in [0.717, 1.165) is 43.5 Å². The number of hydrogen-bond acceptors (Lipinski definition) is 7. The minimum absolute atomic E-state index is 0.0287. The number of hydrogen-bond donors (Lipinski definition) is 1. The molecule has 9 heteroatoms. The summed E-state index contributed by atoms with van der Waals surface area (Å²) in [5.74, 6) is 0.990. The maximum absolute atomic E-state index is 13.1. The van der Waals surface area contributed by atoms with Gasteiger partial charge in [0.15, 0.2) is 11.5 Å². The summed E-state index contributed by atoms with van der Waals surface area (Å²) in [5.41, 5.74) is 4.61. The highest BCUT2D eigenvalue weighted by molar-refractivity contribution is 5.95. The van der Waals surface area contributed by atoms with Gasteiger partial charge in [-0.15, -0.1) is 0 Å². The Hall–Kier alpha value is -4.11. The second-order valence-electron chi connectivity index (χ2n) is 11.9. The molecule has 0 radical (unpaired) electrons. The topological polar surface area (TPSA) is 97.4 Å². The van der Waals surface area contributed by atoms with Gasteiger partial charge in [-0.1, -0.05) is 36.3 Å². The lowest BCUT2D eigenvalue weighted by atomic mass is 10.0. The molecule has 0 bridgehead atoms. The standard InChI is InChI=1S/C35H45N3O6/c1-25(2)6-5-7-26(3)21-33(39)42-23-27(4)20-28-8-10-29(11-9-28)35(41)38-18-16-37(17-19-38)15-14-36-34(40)30-12-13-31-32(22-30)44-24-43-31/h6,8-13,21-22,27H,5,7,14-20,23-24H2,1-4H3,(H,36,40)/b26-21+. The van der Waals surface area contributed by atoms with Crippen LogP contribution in [0.3, 0.4) is 0 Å². The van der Waals surface area contributed by atoms with E-state index in [1.54, 1.807) is 24.3 Å². The monoisotopic (exact) mass is 603 g/mol. The average Bonchev–Trinajstić information content (AvgIpc) is 3.48. The predicted molar refractivity (Wildman–Crippen MR) is 170 cm³/mol. The van der Waals surface area contributed by atoms with Crippen molar-refractivity contribution in [1.82, 2.24) is 15.1 Å². The van der Waals surface area contributed by atoms with Gasteiger partial charge in [0.1, 0.15) is 0 Å². The van der Waals surface area contributed by atoms with E-state index < -0.39 is 0 Å². The van der Waals surface area contributed by atoms with Crippen LogP contribution in [0.4, 0.5) is 0 Å². The summed E-state index contributed by atoms with van der Waals surface area (Å²) < 4.78 is 16.1. The maximum atomic E-state index is 13.1. The van der Waals surface area contributed by atoms with Crippen molar-refractivity contribution < 1.29 is 28.6 Å². The van der Waals surface area contributed by atoms with Crippen LogP contribution in [0.25, 0.3) is 0 Å². The molecule has 2 aliphatic rings. The van der Waals surface area contributed by atoms with Crippen molar-refractivity contribution in [2.75, 3.05) is 52.7 Å². The maximum Gasteiger partial charge on any atom is 0.330 e. The van der Waals surface area contributed by atoms with Gasteiger partial charge >= 0.3 is 5.97 Å². The largest absolute Gasteiger partial charge is 0.462 e. The van der Waals surface area contributed by atoms with Crippen LogP contribution < -0.4 is 14.8 Å². The van der Waals surface area contributed by atoms with Gasteiger partial charge in [0.2, 0.25) is 6.79 Å². The van der Waals surface area contributed by atoms with Gasteiger partial charge in [0, 0.05) is 56.5 Å². The van der Waals surface area contributed by atoms with Crippen LogP contribution >= 0.6 is 0 Å². The fourth-order valence-corrected chi connectivity index (χ4v) is 5.20. The minimum atomic E-state index is -0.293. The molecule has 1 fully saturated rings. The van der Waals surface area contributed by atoms with E-state index in [1.807, 2.05) is 36.1 Å². The van der Waals surface area contributed by atoms with Crippen LogP contribution in [0.15, 0.2) is 65.8 Å². The number of carbonyl (C=O) groups is 3. The van der Waals surface area contributed by atoms with E-state index in [2.05, 4.69) is 37.1 Å². The molecule has 0 saturated carbocycles. The molecule has 2 heterocycles. The minimum Gasteiger partial charge on any atom is -0.462 e. The third-order valence-electron chi connectivity index (χ3n) is 7.76. The van der Waals surface area contributed by atoms with Crippen LogP contribution in [-0.2, 0) is 16.0 Å².